The van der Waals surface area contributed by atoms with Gasteiger partial charge in [0.25, 0.3) is 0 Å². The number of aromatic amines is 1. The van der Waals surface area contributed by atoms with Crippen LogP contribution in [-0.2, 0) is 4.79 Å². The lowest BCUT2D eigenvalue weighted by atomic mass is 10.0. The molecule has 0 saturated carbocycles. The first-order valence-electron chi connectivity index (χ1n) is 8.72. The Balaban J connectivity index is 1.55. The van der Waals surface area contributed by atoms with Crippen molar-refractivity contribution < 1.29 is 4.79 Å². The predicted molar refractivity (Wildman–Crippen MR) is 99.5 cm³/mol. The maximum absolute atomic E-state index is 12.7. The molecular weight excluding hydrogens is 334 g/mol. The monoisotopic (exact) mass is 355 g/mol. The fourth-order valence-corrected chi connectivity index (χ4v) is 4.21. The van der Waals surface area contributed by atoms with Crippen molar-refractivity contribution in [1.29, 1.82) is 0 Å². The van der Waals surface area contributed by atoms with E-state index in [1.54, 1.807) is 0 Å². The van der Waals surface area contributed by atoms with E-state index in [-0.39, 0.29) is 11.2 Å². The SMILES string of the molecule is C[C@H](Sc1nnc2c(n1)[nH]c1ccccc12)C(=O)N1CCCC[C@H]1C. The summed E-state index contributed by atoms with van der Waals surface area (Å²) in [7, 11) is 0. The minimum absolute atomic E-state index is 0.164. The molecule has 4 rings (SSSR count). The summed E-state index contributed by atoms with van der Waals surface area (Å²) in [5, 5.41) is 9.87. The number of benzene rings is 1. The van der Waals surface area contributed by atoms with E-state index >= 15 is 0 Å². The minimum Gasteiger partial charge on any atom is -0.339 e. The Labute approximate surface area is 150 Å². The van der Waals surface area contributed by atoms with Crippen LogP contribution in [-0.4, -0.2) is 48.8 Å². The Morgan fingerprint density at radius 1 is 1.32 bits per heavy atom. The number of hydrogen-bond donors (Lipinski definition) is 1. The molecule has 1 fully saturated rings. The number of rotatable bonds is 3. The molecule has 2 atom stereocenters. The zero-order valence-corrected chi connectivity index (χ0v) is 15.2. The van der Waals surface area contributed by atoms with Gasteiger partial charge >= 0.3 is 0 Å². The van der Waals surface area contributed by atoms with Crippen LogP contribution in [0.4, 0.5) is 0 Å². The summed E-state index contributed by atoms with van der Waals surface area (Å²) in [6, 6.07) is 8.26. The summed E-state index contributed by atoms with van der Waals surface area (Å²) in [6.45, 7) is 4.90. The number of nitrogens with zero attached hydrogens (tertiary/aromatic N) is 4. The van der Waals surface area contributed by atoms with Crippen molar-refractivity contribution in [3.63, 3.8) is 0 Å². The molecular formula is C18H21N5OS. The van der Waals surface area contributed by atoms with E-state index in [0.29, 0.717) is 16.8 Å². The predicted octanol–water partition coefficient (Wildman–Crippen LogP) is 3.39. The first kappa shape index (κ1) is 16.3. The van der Waals surface area contributed by atoms with Gasteiger partial charge in [0.05, 0.1) is 5.25 Å². The molecule has 0 unspecified atom stereocenters. The molecule has 0 aliphatic carbocycles. The van der Waals surface area contributed by atoms with Crippen LogP contribution in [0.5, 0.6) is 0 Å². The Kier molecular flexibility index (Phi) is 4.33. The second-order valence-electron chi connectivity index (χ2n) is 6.60. The Morgan fingerprint density at radius 3 is 3.00 bits per heavy atom. The average molecular weight is 355 g/mol. The van der Waals surface area contributed by atoms with Gasteiger partial charge in [0.15, 0.2) is 5.65 Å². The van der Waals surface area contributed by atoms with Crippen molar-refractivity contribution in [1.82, 2.24) is 25.1 Å². The summed E-state index contributed by atoms with van der Waals surface area (Å²) in [6.07, 6.45) is 3.38. The summed E-state index contributed by atoms with van der Waals surface area (Å²) in [5.41, 5.74) is 2.47. The third-order valence-electron chi connectivity index (χ3n) is 4.82. The van der Waals surface area contributed by atoms with Gasteiger partial charge in [-0.05, 0) is 39.2 Å². The zero-order chi connectivity index (χ0) is 17.4. The van der Waals surface area contributed by atoms with Crippen molar-refractivity contribution in [3.8, 4) is 0 Å². The average Bonchev–Trinajstić information content (AvgIpc) is 2.99. The van der Waals surface area contributed by atoms with Crippen molar-refractivity contribution in [2.24, 2.45) is 0 Å². The molecule has 2 aromatic heterocycles. The van der Waals surface area contributed by atoms with Gasteiger partial charge in [0.2, 0.25) is 11.1 Å². The molecule has 1 N–H and O–H groups in total. The van der Waals surface area contributed by atoms with E-state index in [1.165, 1.54) is 18.2 Å². The van der Waals surface area contributed by atoms with Gasteiger partial charge in [-0.15, -0.1) is 10.2 Å². The third-order valence-corrected chi connectivity index (χ3v) is 5.76. The highest BCUT2D eigenvalue weighted by Gasteiger charge is 2.28. The van der Waals surface area contributed by atoms with Crippen LogP contribution in [0, 0.1) is 0 Å². The molecule has 3 heterocycles. The number of thioether (sulfide) groups is 1. The second-order valence-corrected chi connectivity index (χ2v) is 7.91. The topological polar surface area (TPSA) is 74.8 Å². The van der Waals surface area contributed by atoms with Crippen LogP contribution in [0.3, 0.4) is 0 Å². The van der Waals surface area contributed by atoms with Gasteiger partial charge in [-0.3, -0.25) is 4.79 Å². The molecule has 0 bridgehead atoms. The molecule has 130 valence electrons. The van der Waals surface area contributed by atoms with Crippen molar-refractivity contribution in [2.45, 2.75) is 49.6 Å². The van der Waals surface area contributed by atoms with Crippen LogP contribution in [0.2, 0.25) is 0 Å². The van der Waals surface area contributed by atoms with E-state index in [2.05, 4.69) is 27.1 Å². The maximum Gasteiger partial charge on any atom is 0.236 e. The molecule has 0 spiro atoms. The number of fused-ring (bicyclic) bond motifs is 3. The fourth-order valence-electron chi connectivity index (χ4n) is 3.42. The summed E-state index contributed by atoms with van der Waals surface area (Å²) in [4.78, 5) is 22.6. The molecule has 25 heavy (non-hydrogen) atoms. The van der Waals surface area contributed by atoms with Gasteiger partial charge in [-0.1, -0.05) is 30.0 Å². The van der Waals surface area contributed by atoms with Crippen LogP contribution in [0.25, 0.3) is 22.1 Å². The Bertz CT molecular complexity index is 924. The highest BCUT2D eigenvalue weighted by molar-refractivity contribution is 8.00. The number of likely N-dealkylation sites (tertiary alicyclic amines) is 1. The number of aromatic nitrogens is 4. The van der Waals surface area contributed by atoms with Crippen molar-refractivity contribution in [2.75, 3.05) is 6.54 Å². The first-order valence-corrected chi connectivity index (χ1v) is 9.60. The number of H-pyrrole nitrogens is 1. The molecule has 0 radical (unpaired) electrons. The quantitative estimate of drug-likeness (QED) is 0.729. The number of carbonyl (C=O) groups excluding carboxylic acids is 1. The summed E-state index contributed by atoms with van der Waals surface area (Å²) in [5.74, 6) is 0.164. The van der Waals surface area contributed by atoms with Gasteiger partial charge in [-0.2, -0.15) is 0 Å². The summed E-state index contributed by atoms with van der Waals surface area (Å²) >= 11 is 1.38. The molecule has 1 aromatic carbocycles. The molecule has 3 aromatic rings. The number of carbonyl (C=O) groups is 1. The number of para-hydroxylation sites is 1. The largest absolute Gasteiger partial charge is 0.339 e. The van der Waals surface area contributed by atoms with E-state index in [1.807, 2.05) is 36.1 Å². The highest BCUT2D eigenvalue weighted by Crippen LogP contribution is 2.27. The smallest absolute Gasteiger partial charge is 0.236 e. The molecule has 1 amide bonds. The molecule has 1 saturated heterocycles. The second kappa shape index (κ2) is 6.63. The fraction of sp³-hybridized carbons (Fsp3) is 0.444. The van der Waals surface area contributed by atoms with Gasteiger partial charge in [-0.25, -0.2) is 4.98 Å². The lowest BCUT2D eigenvalue weighted by molar-refractivity contribution is -0.133. The van der Waals surface area contributed by atoms with Crippen LogP contribution in [0.15, 0.2) is 29.4 Å². The van der Waals surface area contributed by atoms with Crippen LogP contribution >= 0.6 is 11.8 Å². The van der Waals surface area contributed by atoms with Crippen LogP contribution in [0.1, 0.15) is 33.1 Å². The molecule has 7 heteroatoms. The van der Waals surface area contributed by atoms with Gasteiger partial charge in [0, 0.05) is 23.5 Å². The lowest BCUT2D eigenvalue weighted by Crippen LogP contribution is -2.45. The van der Waals surface area contributed by atoms with E-state index in [0.717, 1.165) is 35.8 Å². The number of nitrogens with one attached hydrogen (secondary N) is 1. The number of piperidine rings is 1. The molecule has 1 aliphatic rings. The van der Waals surface area contributed by atoms with Crippen molar-refractivity contribution >= 4 is 39.7 Å². The number of amides is 1. The van der Waals surface area contributed by atoms with Crippen LogP contribution < -0.4 is 0 Å². The van der Waals surface area contributed by atoms with Crippen molar-refractivity contribution in [3.05, 3.63) is 24.3 Å². The minimum atomic E-state index is -0.218. The Morgan fingerprint density at radius 2 is 2.16 bits per heavy atom. The number of hydrogen-bond acceptors (Lipinski definition) is 5. The zero-order valence-electron chi connectivity index (χ0n) is 14.4. The Hall–Kier alpha value is -2.15. The molecule has 6 nitrogen and oxygen atoms in total. The van der Waals surface area contributed by atoms with Gasteiger partial charge in [0.1, 0.15) is 5.52 Å². The summed E-state index contributed by atoms with van der Waals surface area (Å²) < 4.78 is 0. The van der Waals surface area contributed by atoms with E-state index in [4.69, 9.17) is 0 Å². The third kappa shape index (κ3) is 3.08. The first-order chi connectivity index (χ1) is 12.1. The normalized spacial score (nSPS) is 19.4. The van der Waals surface area contributed by atoms with E-state index < -0.39 is 0 Å². The highest BCUT2D eigenvalue weighted by atomic mass is 32.2. The van der Waals surface area contributed by atoms with E-state index in [9.17, 15) is 4.79 Å². The molecule has 1 aliphatic heterocycles. The maximum atomic E-state index is 12.7. The lowest BCUT2D eigenvalue weighted by Gasteiger charge is -2.34. The van der Waals surface area contributed by atoms with Gasteiger partial charge < -0.3 is 9.88 Å². The standard InChI is InChI=1S/C18H21N5OS/c1-11-7-5-6-10-23(11)17(24)12(2)25-18-20-16-15(21-22-18)13-8-3-4-9-14(13)19-16/h3-4,8-9,11-12H,5-7,10H2,1-2H3,(H,19,20,22)/t11-,12+/m1/s1.